The number of rotatable bonds is 9. The van der Waals surface area contributed by atoms with Gasteiger partial charge < -0.3 is 14.6 Å². The molecule has 1 saturated heterocycles. The summed E-state index contributed by atoms with van der Waals surface area (Å²) in [5.41, 5.74) is -1.09. The van der Waals surface area contributed by atoms with Crippen molar-refractivity contribution in [3.63, 3.8) is 0 Å². The van der Waals surface area contributed by atoms with Gasteiger partial charge in [-0.1, -0.05) is 18.2 Å². The van der Waals surface area contributed by atoms with Gasteiger partial charge in [0, 0.05) is 47.9 Å². The molecule has 1 N–H and O–H groups in total. The van der Waals surface area contributed by atoms with Gasteiger partial charge in [-0.2, -0.15) is 13.2 Å². The van der Waals surface area contributed by atoms with E-state index in [1.807, 2.05) is 10.6 Å². The molecule has 2 aromatic carbocycles. The van der Waals surface area contributed by atoms with Gasteiger partial charge in [-0.25, -0.2) is 13.2 Å². The van der Waals surface area contributed by atoms with Gasteiger partial charge in [0.1, 0.15) is 5.69 Å². The lowest BCUT2D eigenvalue weighted by Gasteiger charge is -2.17. The average Bonchev–Trinajstić information content (AvgIpc) is 3.62. The third-order valence-corrected chi connectivity index (χ3v) is 7.52. The fourth-order valence-electron chi connectivity index (χ4n) is 5.25. The molecule has 44 heavy (non-hydrogen) atoms. The fourth-order valence-corrected chi connectivity index (χ4v) is 5.25. The summed E-state index contributed by atoms with van der Waals surface area (Å²) in [6, 6.07) is 13.1. The Morgan fingerprint density at radius 2 is 1.75 bits per heavy atom. The number of ketones is 1. The first kappa shape index (κ1) is 31.2. The number of nitrogens with one attached hydrogen (secondary N) is 1. The second kappa shape index (κ2) is 12.1. The Labute approximate surface area is 249 Å². The molecule has 6 nitrogen and oxygen atoms in total. The van der Waals surface area contributed by atoms with Crippen molar-refractivity contribution in [2.75, 3.05) is 13.2 Å². The lowest BCUT2D eigenvalue weighted by molar-refractivity contribution is -0.137. The summed E-state index contributed by atoms with van der Waals surface area (Å²) in [4.78, 5) is 28.9. The number of ether oxygens (including phenoxy) is 1. The first-order valence-electron chi connectivity index (χ1n) is 13.9. The molecule has 1 aliphatic heterocycles. The molecule has 12 heteroatoms. The van der Waals surface area contributed by atoms with E-state index >= 15 is 0 Å². The summed E-state index contributed by atoms with van der Waals surface area (Å²) in [6.45, 7) is 2.92. The quantitative estimate of drug-likeness (QED) is 0.157. The predicted molar refractivity (Wildman–Crippen MR) is 151 cm³/mol. The Morgan fingerprint density at radius 3 is 2.36 bits per heavy atom. The number of amides is 1. The van der Waals surface area contributed by atoms with Gasteiger partial charge in [-0.05, 0) is 73.4 Å². The minimum Gasteiger partial charge on any atom is -0.379 e. The minimum absolute atomic E-state index is 0.0526. The Balaban J connectivity index is 1.45. The molecule has 1 fully saturated rings. The lowest BCUT2D eigenvalue weighted by atomic mass is 9.99. The van der Waals surface area contributed by atoms with Crippen LogP contribution in [0, 0.1) is 0 Å². The maximum absolute atomic E-state index is 13.9. The fraction of sp³-hybridized carbons (Fsp3) is 0.344. The van der Waals surface area contributed by atoms with Crippen LogP contribution in [0.1, 0.15) is 65.5 Å². The van der Waals surface area contributed by atoms with Crippen LogP contribution in [-0.4, -0.2) is 40.1 Å². The topological polar surface area (TPSA) is 73.2 Å². The molecule has 1 amide bonds. The number of nitrogens with zero attached hydrogens (tertiary/aromatic N) is 2. The maximum Gasteiger partial charge on any atom is 0.416 e. The third-order valence-electron chi connectivity index (χ3n) is 7.52. The van der Waals surface area contributed by atoms with Crippen molar-refractivity contribution in [1.82, 2.24) is 14.9 Å². The number of aromatic nitrogens is 2. The predicted octanol–water partition coefficient (Wildman–Crippen LogP) is 7.41. The second-order valence-corrected chi connectivity index (χ2v) is 11.2. The first-order chi connectivity index (χ1) is 20.7. The molecule has 0 radical (unpaired) electrons. The van der Waals surface area contributed by atoms with Gasteiger partial charge in [0.2, 0.25) is 0 Å². The number of benzene rings is 2. The van der Waals surface area contributed by atoms with Gasteiger partial charge in [0.05, 0.1) is 18.2 Å². The normalized spacial score (nSPS) is 15.7. The highest BCUT2D eigenvalue weighted by Gasteiger charge is 2.31. The zero-order chi connectivity index (χ0) is 31.8. The van der Waals surface area contributed by atoms with Crippen molar-refractivity contribution in [3.05, 3.63) is 88.7 Å². The highest BCUT2D eigenvalue weighted by atomic mass is 19.4. The first-order valence-corrected chi connectivity index (χ1v) is 13.9. The van der Waals surface area contributed by atoms with Crippen LogP contribution in [0.4, 0.5) is 26.3 Å². The second-order valence-electron chi connectivity index (χ2n) is 11.2. The summed E-state index contributed by atoms with van der Waals surface area (Å²) in [6.07, 6.45) is -5.92. The number of pyridine rings is 1. The van der Waals surface area contributed by atoms with E-state index in [1.54, 1.807) is 18.2 Å². The maximum atomic E-state index is 13.9. The molecule has 1 aliphatic rings. The van der Waals surface area contributed by atoms with Crippen LogP contribution in [-0.2, 0) is 28.7 Å². The van der Waals surface area contributed by atoms with E-state index in [-0.39, 0.29) is 30.1 Å². The number of halogens is 6. The highest BCUT2D eigenvalue weighted by molar-refractivity contribution is 5.99. The molecule has 0 spiro atoms. The number of hydrogen-bond acceptors (Lipinski definition) is 4. The number of fused-ring (bicyclic) bond motifs is 1. The molecule has 4 aromatic rings. The van der Waals surface area contributed by atoms with Crippen molar-refractivity contribution in [2.24, 2.45) is 0 Å². The minimum atomic E-state index is -4.47. The number of alkyl halides is 6. The van der Waals surface area contributed by atoms with Crippen LogP contribution in [0.3, 0.4) is 0 Å². The third kappa shape index (κ3) is 6.64. The molecular formula is C32H29F6N3O3. The average molecular weight is 618 g/mol. The SMILES string of the molecule is CC(C)(F)C(=O)NCc1cnc(C(F)F)c(C(=O)Cc2ccc3c(c2)cc(-c2ccc(C(F)(F)F)cc2)n3C2CCOC2)c1. The molecule has 1 atom stereocenters. The van der Waals surface area contributed by atoms with Crippen LogP contribution in [0.15, 0.2) is 60.8 Å². The standard InChI is InChI=1S/C32H29F6N3O3/c1-31(2,35)30(43)40-16-19-12-24(28(29(33)34)39-15-19)27(42)13-18-3-8-25-21(11-18)14-26(41(25)23-9-10-44-17-23)20-4-6-22(7-5-20)32(36,37)38/h3-8,11-12,14-15,23,29H,9-10,13,16-17H2,1-2H3,(H,40,43). The van der Waals surface area contributed by atoms with Crippen molar-refractivity contribution >= 4 is 22.6 Å². The van der Waals surface area contributed by atoms with Gasteiger partial charge in [-0.3, -0.25) is 14.6 Å². The zero-order valence-electron chi connectivity index (χ0n) is 23.9. The van der Waals surface area contributed by atoms with Gasteiger partial charge >= 0.3 is 6.18 Å². The Kier molecular flexibility index (Phi) is 8.57. The van der Waals surface area contributed by atoms with E-state index in [0.717, 1.165) is 43.1 Å². The zero-order valence-corrected chi connectivity index (χ0v) is 23.9. The Bertz CT molecular complexity index is 1680. The van der Waals surface area contributed by atoms with E-state index in [1.165, 1.54) is 18.2 Å². The summed E-state index contributed by atoms with van der Waals surface area (Å²) in [7, 11) is 0. The van der Waals surface area contributed by atoms with Crippen LogP contribution in [0.25, 0.3) is 22.2 Å². The molecule has 232 valence electrons. The van der Waals surface area contributed by atoms with Crippen molar-refractivity contribution in [2.45, 2.75) is 57.5 Å². The summed E-state index contributed by atoms with van der Waals surface area (Å²) >= 11 is 0. The molecule has 5 rings (SSSR count). The number of Topliss-reactive ketones (excluding diaryl/α,β-unsaturated/α-hetero) is 1. The largest absolute Gasteiger partial charge is 0.416 e. The molecule has 0 aliphatic carbocycles. The van der Waals surface area contributed by atoms with Crippen molar-refractivity contribution < 1.29 is 40.7 Å². The van der Waals surface area contributed by atoms with Crippen LogP contribution < -0.4 is 5.32 Å². The molecule has 1 unspecified atom stereocenters. The Hall–Kier alpha value is -4.19. The smallest absolute Gasteiger partial charge is 0.379 e. The van der Waals surface area contributed by atoms with E-state index in [0.29, 0.717) is 36.5 Å². The molecule has 2 aromatic heterocycles. The molecule has 3 heterocycles. The van der Waals surface area contributed by atoms with Gasteiger partial charge in [0.25, 0.3) is 12.3 Å². The molecule has 0 saturated carbocycles. The van der Waals surface area contributed by atoms with Gasteiger partial charge in [0.15, 0.2) is 11.5 Å². The molecule has 0 bridgehead atoms. The van der Waals surface area contributed by atoms with Crippen LogP contribution >= 0.6 is 0 Å². The number of carbonyl (C=O) groups excluding carboxylic acids is 2. The van der Waals surface area contributed by atoms with Crippen LogP contribution in [0.2, 0.25) is 0 Å². The monoisotopic (exact) mass is 617 g/mol. The molecular weight excluding hydrogens is 588 g/mol. The number of carbonyl (C=O) groups is 2. The summed E-state index contributed by atoms with van der Waals surface area (Å²) < 4.78 is 88.5. The van der Waals surface area contributed by atoms with Crippen LogP contribution in [0.5, 0.6) is 0 Å². The van der Waals surface area contributed by atoms with Crippen molar-refractivity contribution in [1.29, 1.82) is 0 Å². The van der Waals surface area contributed by atoms with E-state index < -0.39 is 41.2 Å². The van der Waals surface area contributed by atoms with E-state index in [4.69, 9.17) is 4.74 Å². The van der Waals surface area contributed by atoms with Crippen molar-refractivity contribution in [3.8, 4) is 11.3 Å². The van der Waals surface area contributed by atoms with E-state index in [9.17, 15) is 35.9 Å². The van der Waals surface area contributed by atoms with Gasteiger partial charge in [-0.15, -0.1) is 0 Å². The lowest BCUT2D eigenvalue weighted by Crippen LogP contribution is -2.38. The highest BCUT2D eigenvalue weighted by Crippen LogP contribution is 2.37. The summed E-state index contributed by atoms with van der Waals surface area (Å²) in [5.74, 6) is -1.53. The van der Waals surface area contributed by atoms with E-state index in [2.05, 4.69) is 10.3 Å². The summed E-state index contributed by atoms with van der Waals surface area (Å²) in [5, 5.41) is 3.08. The Morgan fingerprint density at radius 1 is 1.02 bits per heavy atom. The number of hydrogen-bond donors (Lipinski definition) is 1.